The lowest BCUT2D eigenvalue weighted by Gasteiger charge is -2.21. The molecular formula is C77H130O17P2. The second-order valence-corrected chi connectivity index (χ2v) is 27.0. The van der Waals surface area contributed by atoms with E-state index in [1.165, 1.54) is 57.8 Å². The third-order valence-corrected chi connectivity index (χ3v) is 16.8. The average molecular weight is 1390 g/mol. The molecule has 0 aromatic carbocycles. The summed E-state index contributed by atoms with van der Waals surface area (Å²) in [6.45, 7) is 4.49. The molecule has 0 fully saturated rings. The van der Waals surface area contributed by atoms with Crippen LogP contribution in [0.25, 0.3) is 0 Å². The first-order valence-corrected chi connectivity index (χ1v) is 39.8. The number of aliphatic hydroxyl groups is 1. The number of allylic oxidation sites excluding steroid dienone is 20. The number of aliphatic hydroxyl groups excluding tert-OH is 1. The van der Waals surface area contributed by atoms with E-state index < -0.39 is 97.5 Å². The Bertz CT molecular complexity index is 2300. The molecule has 0 rings (SSSR count). The van der Waals surface area contributed by atoms with Crippen LogP contribution in [0.1, 0.15) is 285 Å². The van der Waals surface area contributed by atoms with E-state index in [4.69, 9.17) is 37.0 Å². The fraction of sp³-hybridized carbons (Fsp3) is 0.688. The predicted octanol–water partition coefficient (Wildman–Crippen LogP) is 20.8. The van der Waals surface area contributed by atoms with E-state index in [9.17, 15) is 43.2 Å². The molecule has 0 aromatic heterocycles. The lowest BCUT2D eigenvalue weighted by molar-refractivity contribution is -0.161. The van der Waals surface area contributed by atoms with Crippen molar-refractivity contribution in [2.45, 2.75) is 303 Å². The van der Waals surface area contributed by atoms with Crippen LogP contribution in [0.4, 0.5) is 0 Å². The number of unbranched alkanes of at least 4 members (excludes halogenated alkanes) is 22. The van der Waals surface area contributed by atoms with Crippen LogP contribution in [0.3, 0.4) is 0 Å². The van der Waals surface area contributed by atoms with Crippen molar-refractivity contribution in [1.29, 1.82) is 0 Å². The van der Waals surface area contributed by atoms with Gasteiger partial charge in [0, 0.05) is 25.7 Å². The summed E-state index contributed by atoms with van der Waals surface area (Å²) in [5.41, 5.74) is 0. The summed E-state index contributed by atoms with van der Waals surface area (Å²) in [6, 6.07) is 0. The number of ether oxygens (including phenoxy) is 4. The lowest BCUT2D eigenvalue weighted by atomic mass is 10.1. The third-order valence-electron chi connectivity index (χ3n) is 14.9. The van der Waals surface area contributed by atoms with Crippen LogP contribution in [0.15, 0.2) is 122 Å². The van der Waals surface area contributed by atoms with Gasteiger partial charge in [0.15, 0.2) is 12.2 Å². The Balaban J connectivity index is 5.41. The molecule has 550 valence electrons. The van der Waals surface area contributed by atoms with Gasteiger partial charge in [-0.05, 0) is 135 Å². The van der Waals surface area contributed by atoms with Crippen molar-refractivity contribution in [2.75, 3.05) is 39.6 Å². The van der Waals surface area contributed by atoms with E-state index >= 15 is 0 Å². The largest absolute Gasteiger partial charge is 0.472 e. The van der Waals surface area contributed by atoms with E-state index in [-0.39, 0.29) is 25.7 Å². The van der Waals surface area contributed by atoms with Crippen LogP contribution in [-0.4, -0.2) is 96.7 Å². The maximum atomic E-state index is 13.1. The van der Waals surface area contributed by atoms with Crippen molar-refractivity contribution in [3.05, 3.63) is 122 Å². The van der Waals surface area contributed by atoms with E-state index in [2.05, 4.69) is 149 Å². The van der Waals surface area contributed by atoms with Crippen LogP contribution >= 0.6 is 15.6 Å². The Morgan fingerprint density at radius 3 is 0.875 bits per heavy atom. The number of hydrogen-bond donors (Lipinski definition) is 3. The van der Waals surface area contributed by atoms with Gasteiger partial charge in [0.2, 0.25) is 0 Å². The third kappa shape index (κ3) is 68.0. The molecule has 0 saturated carbocycles. The predicted molar refractivity (Wildman–Crippen MR) is 390 cm³/mol. The molecule has 96 heavy (non-hydrogen) atoms. The highest BCUT2D eigenvalue weighted by molar-refractivity contribution is 7.47. The van der Waals surface area contributed by atoms with Crippen LogP contribution in [-0.2, 0) is 65.4 Å². The summed E-state index contributed by atoms with van der Waals surface area (Å²) in [5.74, 6) is -2.29. The molecular weight excluding hydrogens is 1260 g/mol. The van der Waals surface area contributed by atoms with Gasteiger partial charge in [-0.2, -0.15) is 0 Å². The van der Waals surface area contributed by atoms with Crippen molar-refractivity contribution < 1.29 is 80.2 Å². The van der Waals surface area contributed by atoms with Crippen LogP contribution < -0.4 is 0 Å². The Labute approximate surface area is 581 Å². The molecule has 0 bridgehead atoms. The molecule has 0 aliphatic carbocycles. The molecule has 0 radical (unpaired) electrons. The molecule has 19 heteroatoms. The number of carbonyl (C=O) groups is 4. The Morgan fingerprint density at radius 1 is 0.302 bits per heavy atom. The zero-order valence-electron chi connectivity index (χ0n) is 59.8. The van der Waals surface area contributed by atoms with Gasteiger partial charge in [-0.3, -0.25) is 37.3 Å². The molecule has 5 atom stereocenters. The van der Waals surface area contributed by atoms with Gasteiger partial charge in [0.1, 0.15) is 19.3 Å². The Morgan fingerprint density at radius 2 is 0.542 bits per heavy atom. The Kier molecular flexibility index (Phi) is 65.7. The minimum absolute atomic E-state index is 0.0670. The smallest absolute Gasteiger partial charge is 0.462 e. The van der Waals surface area contributed by atoms with Crippen molar-refractivity contribution in [3.63, 3.8) is 0 Å². The van der Waals surface area contributed by atoms with E-state index in [1.54, 1.807) is 0 Å². The molecule has 0 saturated heterocycles. The van der Waals surface area contributed by atoms with Gasteiger partial charge in [-0.15, -0.1) is 0 Å². The normalized spacial score (nSPS) is 14.7. The van der Waals surface area contributed by atoms with Crippen LogP contribution in [0, 0.1) is 0 Å². The minimum atomic E-state index is -4.99. The molecule has 0 aliphatic rings. The standard InChI is InChI=1S/C77H130O17P2/c1-5-9-13-17-21-25-29-32-35-38-42-45-49-53-57-61-74(79)87-67-72(93-76(81)63-59-55-51-47-41-28-24-20-16-12-8-4)69-91-95(83,84)89-65-71(78)66-90-96(85,86)92-70-73(94-77(82)64-60-56-52-48-44-40-37-34-31-27-23-19-15-11-7-3)68-88-75(80)62-58-54-50-46-43-39-36-33-30-26-22-18-14-10-6-2/h9-10,13-14,21-23,25-27,32-37,42-43,45-46,71-73,78H,5-8,11-12,15-20,24,28-31,38-41,44,47-70H2,1-4H3,(H,83,84)(H,85,86)/b13-9-,14-10-,25-21-,26-22-,27-23-,35-32-,36-33-,37-34-,45-42-,46-43-. The number of hydrogen-bond acceptors (Lipinski definition) is 15. The van der Waals surface area contributed by atoms with Gasteiger partial charge in [-0.25, -0.2) is 9.13 Å². The molecule has 5 unspecified atom stereocenters. The number of esters is 4. The number of phosphoric ester groups is 2. The van der Waals surface area contributed by atoms with Gasteiger partial charge < -0.3 is 33.8 Å². The van der Waals surface area contributed by atoms with Crippen molar-refractivity contribution >= 4 is 39.5 Å². The second-order valence-electron chi connectivity index (χ2n) is 24.1. The summed E-state index contributed by atoms with van der Waals surface area (Å²) >= 11 is 0. The van der Waals surface area contributed by atoms with Gasteiger partial charge >= 0.3 is 39.5 Å². The second kappa shape index (κ2) is 69.0. The van der Waals surface area contributed by atoms with Gasteiger partial charge in [-0.1, -0.05) is 246 Å². The van der Waals surface area contributed by atoms with Crippen molar-refractivity contribution in [1.82, 2.24) is 0 Å². The molecule has 3 N–H and O–H groups in total. The number of rotatable bonds is 68. The monoisotopic (exact) mass is 1390 g/mol. The van der Waals surface area contributed by atoms with E-state index in [1.807, 2.05) is 0 Å². The first-order valence-electron chi connectivity index (χ1n) is 36.8. The van der Waals surface area contributed by atoms with Gasteiger partial charge in [0.05, 0.1) is 26.4 Å². The zero-order chi connectivity index (χ0) is 70.4. The molecule has 17 nitrogen and oxygen atoms in total. The molecule has 0 heterocycles. The summed E-state index contributed by atoms with van der Waals surface area (Å²) in [5, 5.41) is 10.6. The maximum Gasteiger partial charge on any atom is 0.472 e. The number of phosphoric acid groups is 2. The summed E-state index contributed by atoms with van der Waals surface area (Å²) < 4.78 is 68.3. The average Bonchev–Trinajstić information content (AvgIpc) is 1.09. The summed E-state index contributed by atoms with van der Waals surface area (Å²) in [7, 11) is -9.97. The van der Waals surface area contributed by atoms with E-state index in [0.29, 0.717) is 25.7 Å². The topological polar surface area (TPSA) is 237 Å². The highest BCUT2D eigenvalue weighted by Crippen LogP contribution is 2.45. The molecule has 0 amide bonds. The fourth-order valence-electron chi connectivity index (χ4n) is 9.35. The van der Waals surface area contributed by atoms with Crippen molar-refractivity contribution in [2.24, 2.45) is 0 Å². The maximum absolute atomic E-state index is 13.1. The van der Waals surface area contributed by atoms with Gasteiger partial charge in [0.25, 0.3) is 0 Å². The van der Waals surface area contributed by atoms with Crippen LogP contribution in [0.5, 0.6) is 0 Å². The zero-order valence-corrected chi connectivity index (χ0v) is 61.5. The number of carbonyl (C=O) groups excluding carboxylic acids is 4. The fourth-order valence-corrected chi connectivity index (χ4v) is 10.9. The van der Waals surface area contributed by atoms with Crippen LogP contribution in [0.2, 0.25) is 0 Å². The first kappa shape index (κ1) is 91.5. The SMILES string of the molecule is CC/C=C\C/C=C\C/C=C\C/C=C\CCCCC(=O)OCC(COP(=O)(O)OCC(O)COP(=O)(O)OCC(COC(=O)CCCC/C=C\C/C=C\C/C=C\C/C=C\CC)OC(=O)CCCCCCCCCCCCC)OC(=O)CCCCCCC/C=C\C/C=C\CCCCC. The molecule has 0 spiro atoms. The highest BCUT2D eigenvalue weighted by Gasteiger charge is 2.30. The minimum Gasteiger partial charge on any atom is -0.462 e. The molecule has 0 aliphatic heterocycles. The quantitative estimate of drug-likeness (QED) is 0.0169. The highest BCUT2D eigenvalue weighted by atomic mass is 31.2. The van der Waals surface area contributed by atoms with E-state index in [0.717, 1.165) is 148 Å². The summed E-state index contributed by atoms with van der Waals surface area (Å²) in [6.07, 6.45) is 73.5. The molecule has 0 aromatic rings. The lowest BCUT2D eigenvalue weighted by Crippen LogP contribution is -2.30. The van der Waals surface area contributed by atoms with Crippen molar-refractivity contribution in [3.8, 4) is 0 Å². The first-order chi connectivity index (χ1) is 46.7. The summed E-state index contributed by atoms with van der Waals surface area (Å²) in [4.78, 5) is 72.7. The Hall–Kier alpha value is -4.54.